The van der Waals surface area contributed by atoms with Crippen LogP contribution in [0.1, 0.15) is 0 Å². The molecule has 0 N–H and O–H groups in total. The summed E-state index contributed by atoms with van der Waals surface area (Å²) in [5.74, 6) is 0. The van der Waals surface area contributed by atoms with Crippen molar-refractivity contribution >= 4 is 0 Å². The van der Waals surface area contributed by atoms with E-state index in [-0.39, 0.29) is 26.2 Å². The molecule has 34 valence electrons. The summed E-state index contributed by atoms with van der Waals surface area (Å²) < 4.78 is 0. The molecule has 0 amide bonds. The van der Waals surface area contributed by atoms with Crippen molar-refractivity contribution in [2.45, 2.75) is 0 Å². The van der Waals surface area contributed by atoms with Gasteiger partial charge in [-0.3, -0.25) is 0 Å². The Bertz CT molecular complexity index is 82.1. The zero-order valence-corrected chi connectivity index (χ0v) is 5.95. The Kier molecular flexibility index (Phi) is 4.00. The van der Waals surface area contributed by atoms with Gasteiger partial charge in [0.1, 0.15) is 0 Å². The van der Waals surface area contributed by atoms with E-state index in [2.05, 4.69) is 21.3 Å². The molecule has 1 aromatic heterocycles. The Morgan fingerprint density at radius 2 is 1.71 bits per heavy atom. The van der Waals surface area contributed by atoms with Crippen molar-refractivity contribution in [1.82, 2.24) is 15.0 Å². The van der Waals surface area contributed by atoms with Gasteiger partial charge >= 0.3 is 0 Å². The molecule has 0 atom stereocenters. The second-order valence-electron chi connectivity index (χ2n) is 0.738. The van der Waals surface area contributed by atoms with Gasteiger partial charge < -0.3 is 15.0 Å². The molecule has 0 aromatic carbocycles. The Labute approximate surface area is 60.3 Å². The largest absolute Gasteiger partial charge is 0.355 e. The quantitative estimate of drug-likeness (QED) is 0.502. The fourth-order valence-corrected chi connectivity index (χ4v) is 0.181. The van der Waals surface area contributed by atoms with Crippen LogP contribution in [-0.2, 0) is 26.2 Å². The maximum atomic E-state index is 3.53. The molecule has 1 heterocycles. The standard InChI is InChI=1S/C3H2N3.Zr/c1-4-2-6-3-5-1;/h1-2H;/q-1;. The summed E-state index contributed by atoms with van der Waals surface area (Å²) in [5.41, 5.74) is 0. The van der Waals surface area contributed by atoms with Crippen LogP contribution in [-0.4, -0.2) is 15.0 Å². The summed E-state index contributed by atoms with van der Waals surface area (Å²) >= 11 is 0. The molecule has 1 rings (SSSR count). The minimum atomic E-state index is 0. The first-order valence-corrected chi connectivity index (χ1v) is 1.48. The number of rotatable bonds is 0. The minimum Gasteiger partial charge on any atom is -0.355 e. The number of hydrogen-bond acceptors (Lipinski definition) is 3. The fourth-order valence-electron chi connectivity index (χ4n) is 0.181. The molecular formula is C3H2N3Zr-. The van der Waals surface area contributed by atoms with Gasteiger partial charge in [-0.05, 0) is 0 Å². The van der Waals surface area contributed by atoms with Crippen molar-refractivity contribution in [3.8, 4) is 0 Å². The van der Waals surface area contributed by atoms with Crippen LogP contribution in [0.2, 0.25) is 0 Å². The van der Waals surface area contributed by atoms with Gasteiger partial charge in [-0.15, -0.1) is 0 Å². The van der Waals surface area contributed by atoms with Gasteiger partial charge in [0.2, 0.25) is 0 Å². The van der Waals surface area contributed by atoms with Crippen molar-refractivity contribution in [3.63, 3.8) is 0 Å². The molecule has 0 bridgehead atoms. The molecular weight excluding hydrogens is 169 g/mol. The predicted molar refractivity (Wildman–Crippen MR) is 18.7 cm³/mol. The summed E-state index contributed by atoms with van der Waals surface area (Å²) in [6, 6.07) is 0. The average molecular weight is 171 g/mol. The minimum absolute atomic E-state index is 0. The van der Waals surface area contributed by atoms with Crippen LogP contribution in [0.15, 0.2) is 12.7 Å². The van der Waals surface area contributed by atoms with Gasteiger partial charge in [-0.1, -0.05) is 0 Å². The van der Waals surface area contributed by atoms with E-state index in [4.69, 9.17) is 0 Å². The molecule has 0 saturated carbocycles. The van der Waals surface area contributed by atoms with E-state index in [1.54, 1.807) is 0 Å². The number of nitrogens with zero attached hydrogens (tertiary/aromatic N) is 3. The molecule has 0 radical (unpaired) electrons. The second-order valence-corrected chi connectivity index (χ2v) is 0.738. The van der Waals surface area contributed by atoms with Crippen molar-refractivity contribution in [1.29, 1.82) is 0 Å². The van der Waals surface area contributed by atoms with E-state index in [9.17, 15) is 0 Å². The van der Waals surface area contributed by atoms with Crippen LogP contribution in [0.4, 0.5) is 0 Å². The molecule has 4 heteroatoms. The fraction of sp³-hybridized carbons (Fsp3) is 0. The molecule has 0 aliphatic rings. The molecule has 0 spiro atoms. The van der Waals surface area contributed by atoms with Crippen molar-refractivity contribution in [2.24, 2.45) is 0 Å². The summed E-state index contributed by atoms with van der Waals surface area (Å²) in [6.07, 6.45) is 5.09. The topological polar surface area (TPSA) is 38.7 Å². The molecule has 7 heavy (non-hydrogen) atoms. The number of hydrogen-bond donors (Lipinski definition) is 0. The van der Waals surface area contributed by atoms with Gasteiger partial charge in [-0.25, -0.2) is 0 Å². The molecule has 0 aliphatic heterocycles. The van der Waals surface area contributed by atoms with E-state index < -0.39 is 0 Å². The molecule has 0 unspecified atom stereocenters. The normalized spacial score (nSPS) is 6.86. The Balaban J connectivity index is 0.000000360. The van der Waals surface area contributed by atoms with E-state index in [0.717, 1.165) is 0 Å². The molecule has 0 aliphatic carbocycles. The maximum Gasteiger partial charge on any atom is 0.0241 e. The van der Waals surface area contributed by atoms with E-state index in [1.807, 2.05) is 0 Å². The van der Waals surface area contributed by atoms with Crippen LogP contribution in [0.3, 0.4) is 0 Å². The first-order chi connectivity index (χ1) is 3.00. The van der Waals surface area contributed by atoms with Crippen LogP contribution >= 0.6 is 0 Å². The third-order valence-electron chi connectivity index (χ3n) is 0.364. The third-order valence-corrected chi connectivity index (χ3v) is 0.364. The van der Waals surface area contributed by atoms with E-state index in [1.165, 1.54) is 12.7 Å². The third kappa shape index (κ3) is 2.57. The molecule has 0 fully saturated rings. The zero-order valence-electron chi connectivity index (χ0n) is 3.50. The molecule has 3 nitrogen and oxygen atoms in total. The zero-order chi connectivity index (χ0) is 4.24. The van der Waals surface area contributed by atoms with E-state index in [0.29, 0.717) is 0 Å². The van der Waals surface area contributed by atoms with Crippen molar-refractivity contribution in [3.05, 3.63) is 19.0 Å². The molecule has 1 aromatic rings. The number of aromatic nitrogens is 3. The molecule has 0 saturated heterocycles. The Morgan fingerprint density at radius 3 is 1.86 bits per heavy atom. The first-order valence-electron chi connectivity index (χ1n) is 1.48. The van der Waals surface area contributed by atoms with Crippen LogP contribution in [0.25, 0.3) is 0 Å². The van der Waals surface area contributed by atoms with Crippen LogP contribution in [0.5, 0.6) is 0 Å². The van der Waals surface area contributed by atoms with Gasteiger partial charge in [0, 0.05) is 45.2 Å². The van der Waals surface area contributed by atoms with E-state index >= 15 is 0 Å². The predicted octanol–water partition coefficient (Wildman–Crippen LogP) is -0.331. The van der Waals surface area contributed by atoms with Gasteiger partial charge in [0.15, 0.2) is 0 Å². The van der Waals surface area contributed by atoms with Crippen molar-refractivity contribution < 1.29 is 26.2 Å². The SMILES string of the molecule is [Zr].[c-]1ncncn1. The Morgan fingerprint density at radius 1 is 1.14 bits per heavy atom. The van der Waals surface area contributed by atoms with Gasteiger partial charge in [0.05, 0.1) is 0 Å². The Hall–Kier alpha value is -0.107. The summed E-state index contributed by atoms with van der Waals surface area (Å²) in [6.45, 7) is 0. The van der Waals surface area contributed by atoms with Crippen LogP contribution in [0, 0.1) is 6.33 Å². The summed E-state index contributed by atoms with van der Waals surface area (Å²) in [4.78, 5) is 10.4. The summed E-state index contributed by atoms with van der Waals surface area (Å²) in [7, 11) is 0. The van der Waals surface area contributed by atoms with Crippen molar-refractivity contribution in [2.75, 3.05) is 0 Å². The summed E-state index contributed by atoms with van der Waals surface area (Å²) in [5, 5.41) is 0. The van der Waals surface area contributed by atoms with Gasteiger partial charge in [0.25, 0.3) is 0 Å². The monoisotopic (exact) mass is 170 g/mol. The average Bonchev–Trinajstić information content (AvgIpc) is 1.72. The maximum absolute atomic E-state index is 3.53. The van der Waals surface area contributed by atoms with Gasteiger partial charge in [-0.2, -0.15) is 0 Å². The van der Waals surface area contributed by atoms with Crippen LogP contribution < -0.4 is 0 Å². The smallest absolute Gasteiger partial charge is 0.0241 e. The first kappa shape index (κ1) is 6.89. The second kappa shape index (κ2) is 4.06.